The number of ether oxygens (including phenoxy) is 1. The highest BCUT2D eigenvalue weighted by atomic mass is 32.2. The van der Waals surface area contributed by atoms with Crippen LogP contribution in [0.4, 0.5) is 0 Å². The highest BCUT2D eigenvalue weighted by molar-refractivity contribution is 8.15. The molecule has 0 atom stereocenters. The van der Waals surface area contributed by atoms with Crippen molar-refractivity contribution in [2.75, 3.05) is 12.4 Å². The zero-order valence-corrected chi connectivity index (χ0v) is 10.7. The van der Waals surface area contributed by atoms with Crippen molar-refractivity contribution >= 4 is 29.1 Å². The van der Waals surface area contributed by atoms with E-state index < -0.39 is 0 Å². The molecule has 2 rings (SSSR count). The number of nitrogens with zero attached hydrogens (tertiary/aromatic N) is 3. The van der Waals surface area contributed by atoms with E-state index in [9.17, 15) is 4.79 Å². The molecule has 1 amide bonds. The summed E-state index contributed by atoms with van der Waals surface area (Å²) in [5.41, 5.74) is 0.850. The highest BCUT2D eigenvalue weighted by Crippen LogP contribution is 2.11. The Hall–Kier alpha value is -2.33. The SMILES string of the molecule is N#CCOc1ccc(C=NN=C2NC(=O)CS2)cc1. The fourth-order valence-electron chi connectivity index (χ4n) is 1.29. The van der Waals surface area contributed by atoms with E-state index in [1.807, 2.05) is 6.07 Å². The second kappa shape index (κ2) is 6.56. The molecular formula is C12H10N4O2S. The number of amides is 1. The number of hydrogen-bond acceptors (Lipinski definition) is 6. The lowest BCUT2D eigenvalue weighted by Crippen LogP contribution is -2.19. The number of carbonyl (C=O) groups is 1. The standard InChI is InChI=1S/C12H10N4O2S/c13-5-6-18-10-3-1-9(2-4-10)7-14-16-12-15-11(17)8-19-12/h1-4,7H,6,8H2,(H,15,16,17). The maximum absolute atomic E-state index is 10.9. The van der Waals surface area contributed by atoms with Gasteiger partial charge in [0.2, 0.25) is 5.91 Å². The number of hydrogen-bond donors (Lipinski definition) is 1. The molecule has 0 spiro atoms. The van der Waals surface area contributed by atoms with Crippen molar-refractivity contribution in [1.82, 2.24) is 5.32 Å². The van der Waals surface area contributed by atoms with Crippen molar-refractivity contribution in [1.29, 1.82) is 5.26 Å². The molecule has 0 aliphatic carbocycles. The Morgan fingerprint density at radius 3 is 2.89 bits per heavy atom. The molecule has 1 N–H and O–H groups in total. The molecular weight excluding hydrogens is 264 g/mol. The summed E-state index contributed by atoms with van der Waals surface area (Å²) in [6.07, 6.45) is 1.58. The molecule has 0 unspecified atom stereocenters. The van der Waals surface area contributed by atoms with Crippen molar-refractivity contribution < 1.29 is 9.53 Å². The van der Waals surface area contributed by atoms with Crippen LogP contribution >= 0.6 is 11.8 Å². The third kappa shape index (κ3) is 4.12. The summed E-state index contributed by atoms with van der Waals surface area (Å²) in [6.45, 7) is 0.0258. The van der Waals surface area contributed by atoms with Crippen LogP contribution in [0.3, 0.4) is 0 Å². The minimum Gasteiger partial charge on any atom is -0.479 e. The normalized spacial score (nSPS) is 16.6. The minimum atomic E-state index is -0.0575. The quantitative estimate of drug-likeness (QED) is 0.659. The maximum atomic E-state index is 10.9. The van der Waals surface area contributed by atoms with E-state index in [4.69, 9.17) is 10.00 Å². The van der Waals surface area contributed by atoms with Gasteiger partial charge in [0.25, 0.3) is 0 Å². The van der Waals surface area contributed by atoms with Crippen molar-refractivity contribution in [3.05, 3.63) is 29.8 Å². The number of thioether (sulfide) groups is 1. The Labute approximate surface area is 114 Å². The van der Waals surface area contributed by atoms with Gasteiger partial charge in [0.15, 0.2) is 11.8 Å². The van der Waals surface area contributed by atoms with Crippen LogP contribution in [0.25, 0.3) is 0 Å². The fourth-order valence-corrected chi connectivity index (χ4v) is 1.92. The average molecular weight is 274 g/mol. The number of rotatable bonds is 4. The van der Waals surface area contributed by atoms with Gasteiger partial charge in [0.1, 0.15) is 11.8 Å². The Kier molecular flexibility index (Phi) is 4.53. The number of nitriles is 1. The Morgan fingerprint density at radius 2 is 2.26 bits per heavy atom. The molecule has 19 heavy (non-hydrogen) atoms. The molecule has 0 aromatic heterocycles. The van der Waals surface area contributed by atoms with Crippen molar-refractivity contribution in [3.8, 4) is 11.8 Å². The van der Waals surface area contributed by atoms with Gasteiger partial charge in [0, 0.05) is 0 Å². The van der Waals surface area contributed by atoms with E-state index in [0.717, 1.165) is 5.56 Å². The summed E-state index contributed by atoms with van der Waals surface area (Å²) in [6, 6.07) is 9.00. The van der Waals surface area contributed by atoms with Crippen molar-refractivity contribution in [3.63, 3.8) is 0 Å². The monoisotopic (exact) mass is 274 g/mol. The lowest BCUT2D eigenvalue weighted by Gasteiger charge is -2.00. The van der Waals surface area contributed by atoms with E-state index in [0.29, 0.717) is 16.7 Å². The number of amidine groups is 1. The van der Waals surface area contributed by atoms with Gasteiger partial charge in [-0.3, -0.25) is 4.79 Å². The molecule has 1 aromatic rings. The van der Waals surface area contributed by atoms with E-state index in [-0.39, 0.29) is 12.5 Å². The summed E-state index contributed by atoms with van der Waals surface area (Å²) in [4.78, 5) is 10.9. The molecule has 96 valence electrons. The summed E-state index contributed by atoms with van der Waals surface area (Å²) < 4.78 is 5.12. The molecule has 1 aromatic carbocycles. The zero-order valence-electron chi connectivity index (χ0n) is 9.87. The van der Waals surface area contributed by atoms with Crippen LogP contribution in [0, 0.1) is 11.3 Å². The van der Waals surface area contributed by atoms with Gasteiger partial charge in [-0.2, -0.15) is 10.4 Å². The lowest BCUT2D eigenvalue weighted by molar-refractivity contribution is -0.116. The summed E-state index contributed by atoms with van der Waals surface area (Å²) in [5.74, 6) is 0.959. The first-order valence-electron chi connectivity index (χ1n) is 5.41. The van der Waals surface area contributed by atoms with Crippen LogP contribution in [0.2, 0.25) is 0 Å². The summed E-state index contributed by atoms with van der Waals surface area (Å²) in [5, 5.41) is 19.2. The third-order valence-corrected chi connectivity index (χ3v) is 2.99. The van der Waals surface area contributed by atoms with Crippen LogP contribution in [0.1, 0.15) is 5.56 Å². The molecule has 0 radical (unpaired) electrons. The zero-order chi connectivity index (χ0) is 13.5. The molecule has 0 saturated carbocycles. The maximum Gasteiger partial charge on any atom is 0.236 e. The summed E-state index contributed by atoms with van der Waals surface area (Å²) >= 11 is 1.32. The van der Waals surface area contributed by atoms with E-state index in [1.165, 1.54) is 11.8 Å². The van der Waals surface area contributed by atoms with Gasteiger partial charge in [-0.05, 0) is 29.8 Å². The van der Waals surface area contributed by atoms with Crippen LogP contribution in [0.5, 0.6) is 5.75 Å². The van der Waals surface area contributed by atoms with Crippen molar-refractivity contribution in [2.45, 2.75) is 0 Å². The van der Waals surface area contributed by atoms with Gasteiger partial charge in [0.05, 0.1) is 12.0 Å². The third-order valence-electron chi connectivity index (χ3n) is 2.13. The number of carbonyl (C=O) groups excluding carboxylic acids is 1. The van der Waals surface area contributed by atoms with Crippen LogP contribution < -0.4 is 10.1 Å². The smallest absolute Gasteiger partial charge is 0.236 e. The second-order valence-corrected chi connectivity index (χ2v) is 4.47. The van der Waals surface area contributed by atoms with Gasteiger partial charge in [-0.25, -0.2) is 0 Å². The Balaban J connectivity index is 1.92. The molecule has 1 saturated heterocycles. The van der Waals surface area contributed by atoms with Gasteiger partial charge in [-0.15, -0.1) is 5.10 Å². The molecule has 1 fully saturated rings. The first-order valence-corrected chi connectivity index (χ1v) is 6.40. The lowest BCUT2D eigenvalue weighted by atomic mass is 10.2. The predicted octanol–water partition coefficient (Wildman–Crippen LogP) is 1.14. The Bertz CT molecular complexity index is 560. The van der Waals surface area contributed by atoms with E-state index in [2.05, 4.69) is 15.5 Å². The van der Waals surface area contributed by atoms with Crippen LogP contribution in [-0.2, 0) is 4.79 Å². The first-order chi connectivity index (χ1) is 9.28. The average Bonchev–Trinajstić information content (AvgIpc) is 2.84. The Morgan fingerprint density at radius 1 is 1.47 bits per heavy atom. The predicted molar refractivity (Wildman–Crippen MR) is 73.2 cm³/mol. The van der Waals surface area contributed by atoms with Crippen LogP contribution in [0.15, 0.2) is 34.5 Å². The van der Waals surface area contributed by atoms with Crippen LogP contribution in [-0.4, -0.2) is 29.6 Å². The molecule has 1 aliphatic rings. The van der Waals surface area contributed by atoms with Gasteiger partial charge < -0.3 is 10.1 Å². The largest absolute Gasteiger partial charge is 0.479 e. The number of nitrogens with one attached hydrogen (secondary N) is 1. The molecule has 1 heterocycles. The highest BCUT2D eigenvalue weighted by Gasteiger charge is 2.15. The second-order valence-electron chi connectivity index (χ2n) is 3.50. The van der Waals surface area contributed by atoms with E-state index >= 15 is 0 Å². The minimum absolute atomic E-state index is 0.0258. The molecule has 7 heteroatoms. The van der Waals surface area contributed by atoms with Gasteiger partial charge in [-0.1, -0.05) is 11.8 Å². The van der Waals surface area contributed by atoms with Crippen molar-refractivity contribution in [2.24, 2.45) is 10.2 Å². The molecule has 0 bridgehead atoms. The fraction of sp³-hybridized carbons (Fsp3) is 0.167. The molecule has 1 aliphatic heterocycles. The molecule has 6 nitrogen and oxygen atoms in total. The summed E-state index contributed by atoms with van der Waals surface area (Å²) in [7, 11) is 0. The van der Waals surface area contributed by atoms with Gasteiger partial charge >= 0.3 is 0 Å². The first kappa shape index (κ1) is 13.1. The van der Waals surface area contributed by atoms with E-state index in [1.54, 1.807) is 30.5 Å². The number of benzene rings is 1. The topological polar surface area (TPSA) is 86.8 Å².